The Labute approximate surface area is 215 Å². The van der Waals surface area contributed by atoms with Crippen LogP contribution in [0.2, 0.25) is 5.02 Å². The largest absolute Gasteiger partial charge is 0.382 e. The number of methoxy groups -OCH3 is 2. The summed E-state index contributed by atoms with van der Waals surface area (Å²) < 4.78 is 59.2. The van der Waals surface area contributed by atoms with Gasteiger partial charge in [-0.1, -0.05) is 18.5 Å². The van der Waals surface area contributed by atoms with Gasteiger partial charge in [-0.25, -0.2) is 18.4 Å². The fraction of sp³-hybridized carbons (Fsp3) is 0.714. The van der Waals surface area contributed by atoms with Gasteiger partial charge in [-0.3, -0.25) is 9.29 Å². The Morgan fingerprint density at radius 3 is 2.47 bits per heavy atom. The number of hydrogen-bond donors (Lipinski definition) is 1. The lowest BCUT2D eigenvalue weighted by atomic mass is 10.2. The second kappa shape index (κ2) is 13.6. The second-order valence-corrected chi connectivity index (χ2v) is 10.6. The van der Waals surface area contributed by atoms with Crippen LogP contribution < -0.4 is 4.72 Å². The molecule has 1 aliphatic rings. The van der Waals surface area contributed by atoms with Gasteiger partial charge in [-0.2, -0.15) is 0 Å². The number of rotatable bonds is 14. The highest BCUT2D eigenvalue weighted by atomic mass is 35.5. The van der Waals surface area contributed by atoms with Crippen LogP contribution in [0.1, 0.15) is 50.2 Å². The average molecular weight is 549 g/mol. The van der Waals surface area contributed by atoms with E-state index < -0.39 is 33.5 Å². The Morgan fingerprint density at radius 2 is 1.89 bits per heavy atom. The highest BCUT2D eigenvalue weighted by Crippen LogP contribution is 2.29. The minimum Gasteiger partial charge on any atom is -0.382 e. The molecule has 1 saturated heterocycles. The van der Waals surface area contributed by atoms with E-state index in [1.807, 2.05) is 6.92 Å². The maximum absolute atomic E-state index is 13.5. The highest BCUT2D eigenvalue weighted by molar-refractivity contribution is 7.93. The van der Waals surface area contributed by atoms with Crippen molar-refractivity contribution >= 4 is 27.6 Å². The first kappa shape index (κ1) is 28.6. The van der Waals surface area contributed by atoms with Crippen LogP contribution in [0.4, 0.5) is 5.95 Å². The zero-order chi connectivity index (χ0) is 26.1. The summed E-state index contributed by atoms with van der Waals surface area (Å²) in [5.41, 5.74) is 0. The smallest absolute Gasteiger partial charge is 0.240 e. The third-order valence-electron chi connectivity index (χ3n) is 5.46. The lowest BCUT2D eigenvalue weighted by molar-refractivity contribution is -0.0957. The summed E-state index contributed by atoms with van der Waals surface area (Å²) >= 11 is 5.91. The summed E-state index contributed by atoms with van der Waals surface area (Å²) in [6, 6.07) is -0.435. The lowest BCUT2D eigenvalue weighted by Crippen LogP contribution is -2.35. The standard InChI is InChI=1S/C21H33ClN6O7S/c1-5-6-35-18(19-23-9-15(22)10-24-19)14(2)36(29,30)27-21-26-25-20(17-13-33-7-8-34-17)28(21)16(11-31-3)12-32-4/h9-10,14,16-18H,5-8,11-13H2,1-4H3,(H,26,27)/t14-,17+,18+/m0/s1. The molecule has 0 spiro atoms. The van der Waals surface area contributed by atoms with Crippen LogP contribution in [0.15, 0.2) is 12.4 Å². The van der Waals surface area contributed by atoms with E-state index in [4.69, 9.17) is 35.3 Å². The lowest BCUT2D eigenvalue weighted by Gasteiger charge is -2.27. The molecule has 3 atom stereocenters. The van der Waals surface area contributed by atoms with E-state index >= 15 is 0 Å². The Balaban J connectivity index is 1.95. The van der Waals surface area contributed by atoms with Crippen molar-refractivity contribution in [3.8, 4) is 0 Å². The van der Waals surface area contributed by atoms with Crippen LogP contribution in [0.5, 0.6) is 0 Å². The van der Waals surface area contributed by atoms with E-state index in [1.54, 1.807) is 18.8 Å². The Hall–Kier alpha value is -1.94. The van der Waals surface area contributed by atoms with E-state index in [-0.39, 0.29) is 31.6 Å². The maximum Gasteiger partial charge on any atom is 0.240 e. The summed E-state index contributed by atoms with van der Waals surface area (Å²) in [5.74, 6) is 0.604. The molecular weight excluding hydrogens is 516 g/mol. The second-order valence-electron chi connectivity index (χ2n) is 8.15. The minimum absolute atomic E-state index is 0.00334. The molecule has 15 heteroatoms. The molecule has 13 nitrogen and oxygen atoms in total. The third kappa shape index (κ3) is 7.09. The van der Waals surface area contributed by atoms with Crippen LogP contribution in [-0.2, 0) is 33.7 Å². The van der Waals surface area contributed by atoms with Crippen molar-refractivity contribution in [3.05, 3.63) is 29.1 Å². The SMILES string of the molecule is CCCO[C@@H](c1ncc(Cl)cn1)[C@H](C)S(=O)(=O)Nc1nnc([C@H]2COCCO2)n1C(COC)COC. The summed E-state index contributed by atoms with van der Waals surface area (Å²) in [7, 11) is -0.985. The zero-order valence-electron chi connectivity index (χ0n) is 20.8. The molecule has 1 N–H and O–H groups in total. The number of anilines is 1. The predicted molar refractivity (Wildman–Crippen MR) is 130 cm³/mol. The number of halogens is 1. The Kier molecular flexibility index (Phi) is 10.8. The van der Waals surface area contributed by atoms with Gasteiger partial charge in [0.25, 0.3) is 0 Å². The average Bonchev–Trinajstić information content (AvgIpc) is 3.28. The number of hydrogen-bond acceptors (Lipinski definition) is 11. The van der Waals surface area contributed by atoms with Gasteiger partial charge in [0.05, 0.1) is 44.1 Å². The number of ether oxygens (including phenoxy) is 5. The molecule has 0 unspecified atom stereocenters. The zero-order valence-corrected chi connectivity index (χ0v) is 22.4. The summed E-state index contributed by atoms with van der Waals surface area (Å²) in [6.07, 6.45) is 2.00. The van der Waals surface area contributed by atoms with Crippen molar-refractivity contribution < 1.29 is 32.1 Å². The fourth-order valence-corrected chi connectivity index (χ4v) is 4.89. The van der Waals surface area contributed by atoms with Crippen LogP contribution in [0.3, 0.4) is 0 Å². The van der Waals surface area contributed by atoms with Crippen molar-refractivity contribution in [1.29, 1.82) is 0 Å². The van der Waals surface area contributed by atoms with Crippen LogP contribution in [0, 0.1) is 0 Å². The molecule has 36 heavy (non-hydrogen) atoms. The van der Waals surface area contributed by atoms with Gasteiger partial charge < -0.3 is 23.7 Å². The normalized spacial score (nSPS) is 18.3. The summed E-state index contributed by atoms with van der Waals surface area (Å²) in [5, 5.41) is 7.61. The molecule has 3 heterocycles. The van der Waals surface area contributed by atoms with Crippen molar-refractivity contribution in [3.63, 3.8) is 0 Å². The van der Waals surface area contributed by atoms with Gasteiger partial charge in [0, 0.05) is 33.2 Å². The molecule has 2 aromatic heterocycles. The molecule has 3 rings (SSSR count). The van der Waals surface area contributed by atoms with Crippen LogP contribution in [0.25, 0.3) is 0 Å². The molecular formula is C21H33ClN6O7S. The maximum atomic E-state index is 13.5. The monoisotopic (exact) mass is 548 g/mol. The summed E-state index contributed by atoms with van der Waals surface area (Å²) in [4.78, 5) is 8.35. The number of nitrogens with zero attached hydrogens (tertiary/aromatic N) is 5. The molecule has 0 aromatic carbocycles. The van der Waals surface area contributed by atoms with E-state index in [9.17, 15) is 8.42 Å². The molecule has 0 aliphatic carbocycles. The minimum atomic E-state index is -4.07. The molecule has 0 bridgehead atoms. The van der Waals surface area contributed by atoms with Gasteiger partial charge in [-0.15, -0.1) is 10.2 Å². The first-order chi connectivity index (χ1) is 17.3. The van der Waals surface area contributed by atoms with E-state index in [1.165, 1.54) is 19.3 Å². The Bertz CT molecular complexity index is 1040. The molecule has 1 aliphatic heterocycles. The summed E-state index contributed by atoms with van der Waals surface area (Å²) in [6.45, 7) is 5.30. The van der Waals surface area contributed by atoms with Crippen LogP contribution >= 0.6 is 11.6 Å². The first-order valence-electron chi connectivity index (χ1n) is 11.5. The van der Waals surface area contributed by atoms with Gasteiger partial charge in [0.1, 0.15) is 17.5 Å². The van der Waals surface area contributed by atoms with E-state index in [0.717, 1.165) is 0 Å². The molecule has 1 fully saturated rings. The van der Waals surface area contributed by atoms with Crippen molar-refractivity contribution in [2.75, 3.05) is 58.6 Å². The van der Waals surface area contributed by atoms with Gasteiger partial charge >= 0.3 is 0 Å². The van der Waals surface area contributed by atoms with Crippen molar-refractivity contribution in [1.82, 2.24) is 24.7 Å². The molecule has 0 saturated carbocycles. The topological polar surface area (TPSA) is 149 Å². The van der Waals surface area contributed by atoms with E-state index in [0.29, 0.717) is 37.1 Å². The fourth-order valence-electron chi connectivity index (χ4n) is 3.69. The van der Waals surface area contributed by atoms with Gasteiger partial charge in [0.2, 0.25) is 16.0 Å². The van der Waals surface area contributed by atoms with Crippen LogP contribution in [-0.4, -0.2) is 92.3 Å². The van der Waals surface area contributed by atoms with Crippen molar-refractivity contribution in [2.45, 2.75) is 43.8 Å². The molecule has 0 radical (unpaired) electrons. The number of sulfonamides is 1. The quantitative estimate of drug-likeness (QED) is 0.369. The Morgan fingerprint density at radius 1 is 1.19 bits per heavy atom. The molecule has 202 valence electrons. The van der Waals surface area contributed by atoms with Gasteiger partial charge in [-0.05, 0) is 13.3 Å². The molecule has 2 aromatic rings. The third-order valence-corrected chi connectivity index (χ3v) is 7.34. The van der Waals surface area contributed by atoms with Crippen molar-refractivity contribution in [2.24, 2.45) is 0 Å². The highest BCUT2D eigenvalue weighted by Gasteiger charge is 2.36. The van der Waals surface area contributed by atoms with Gasteiger partial charge in [0.15, 0.2) is 11.6 Å². The predicted octanol–water partition coefficient (Wildman–Crippen LogP) is 1.94. The molecule has 0 amide bonds. The number of aromatic nitrogens is 5. The van der Waals surface area contributed by atoms with E-state index in [2.05, 4.69) is 24.9 Å². The number of nitrogens with one attached hydrogen (secondary N) is 1. The first-order valence-corrected chi connectivity index (χ1v) is 13.5.